The molecule has 2 aromatic carbocycles. The van der Waals surface area contributed by atoms with E-state index in [0.717, 1.165) is 42.8 Å². The van der Waals surface area contributed by atoms with Gasteiger partial charge in [-0.05, 0) is 51.2 Å². The first kappa shape index (κ1) is 17.1. The molecule has 4 rings (SSSR count). The second-order valence-electron chi connectivity index (χ2n) is 7.43. The summed E-state index contributed by atoms with van der Waals surface area (Å²) in [6, 6.07) is 18.6. The molecule has 0 aromatic heterocycles. The van der Waals surface area contributed by atoms with Crippen LogP contribution in [-0.4, -0.2) is 37.9 Å². The predicted molar refractivity (Wildman–Crippen MR) is 104 cm³/mol. The Morgan fingerprint density at radius 3 is 2.65 bits per heavy atom. The van der Waals surface area contributed by atoms with Crippen LogP contribution in [0.15, 0.2) is 59.8 Å². The van der Waals surface area contributed by atoms with E-state index < -0.39 is 0 Å². The highest BCUT2D eigenvalue weighted by molar-refractivity contribution is 6.08. The zero-order chi connectivity index (χ0) is 18.0. The minimum Gasteiger partial charge on any atom is -0.481 e. The highest BCUT2D eigenvalue weighted by atomic mass is 16.6. The second-order valence-corrected chi connectivity index (χ2v) is 7.43. The van der Waals surface area contributed by atoms with E-state index in [4.69, 9.17) is 9.57 Å². The van der Waals surface area contributed by atoms with Crippen molar-refractivity contribution in [3.63, 3.8) is 0 Å². The van der Waals surface area contributed by atoms with Gasteiger partial charge in [0.1, 0.15) is 18.0 Å². The van der Waals surface area contributed by atoms with Crippen LogP contribution in [-0.2, 0) is 10.4 Å². The molecular formula is C22H26N2O2. The van der Waals surface area contributed by atoms with Crippen molar-refractivity contribution in [1.82, 2.24) is 4.90 Å². The average molecular weight is 350 g/mol. The quantitative estimate of drug-likeness (QED) is 0.558. The van der Waals surface area contributed by atoms with Crippen molar-refractivity contribution in [2.24, 2.45) is 11.1 Å². The molecule has 0 N–H and O–H groups in total. The molecule has 1 aliphatic carbocycles. The summed E-state index contributed by atoms with van der Waals surface area (Å²) in [7, 11) is 4.19. The Balaban J connectivity index is 1.52. The third-order valence-corrected chi connectivity index (χ3v) is 5.21. The molecule has 4 heteroatoms. The van der Waals surface area contributed by atoms with Gasteiger partial charge < -0.3 is 14.5 Å². The van der Waals surface area contributed by atoms with Crippen LogP contribution in [0, 0.1) is 5.92 Å². The fraction of sp³-hybridized carbons (Fsp3) is 0.409. The number of fused-ring (bicyclic) bond motifs is 2. The molecule has 1 saturated carbocycles. The molecule has 4 nitrogen and oxygen atoms in total. The summed E-state index contributed by atoms with van der Waals surface area (Å²) >= 11 is 0. The lowest BCUT2D eigenvalue weighted by atomic mass is 9.96. The lowest BCUT2D eigenvalue weighted by Crippen LogP contribution is -2.28. The Bertz CT molecular complexity index is 788. The smallest absolute Gasteiger partial charge is 0.143 e. The molecule has 0 spiro atoms. The summed E-state index contributed by atoms with van der Waals surface area (Å²) in [5, 5.41) is 4.56. The third kappa shape index (κ3) is 3.21. The monoisotopic (exact) mass is 350 g/mol. The van der Waals surface area contributed by atoms with Gasteiger partial charge in [-0.25, -0.2) is 0 Å². The van der Waals surface area contributed by atoms with Crippen LogP contribution in [0.1, 0.15) is 30.4 Å². The van der Waals surface area contributed by atoms with Crippen LogP contribution in [0.4, 0.5) is 0 Å². The normalized spacial score (nSPS) is 24.7. The molecule has 2 unspecified atom stereocenters. The van der Waals surface area contributed by atoms with Gasteiger partial charge >= 0.3 is 0 Å². The molecule has 1 fully saturated rings. The number of benzene rings is 2. The van der Waals surface area contributed by atoms with Crippen molar-refractivity contribution in [3.8, 4) is 5.75 Å². The van der Waals surface area contributed by atoms with E-state index in [2.05, 4.69) is 54.5 Å². The van der Waals surface area contributed by atoms with Crippen LogP contribution in [0.2, 0.25) is 0 Å². The summed E-state index contributed by atoms with van der Waals surface area (Å²) in [5.41, 5.74) is 3.04. The molecule has 2 aliphatic rings. The Hall–Kier alpha value is -2.33. The van der Waals surface area contributed by atoms with E-state index in [1.165, 1.54) is 5.56 Å². The van der Waals surface area contributed by atoms with Gasteiger partial charge in [-0.15, -0.1) is 0 Å². The lowest BCUT2D eigenvalue weighted by molar-refractivity contribution is 0.131. The number of unbranched alkanes of at least 4 members (excludes halogenated alkanes) is 1. The number of rotatable bonds is 7. The van der Waals surface area contributed by atoms with Crippen LogP contribution >= 0.6 is 0 Å². The van der Waals surface area contributed by atoms with Gasteiger partial charge in [0.25, 0.3) is 0 Å². The summed E-state index contributed by atoms with van der Waals surface area (Å²) in [6.45, 7) is 1.74. The number of para-hydroxylation sites is 1. The molecular weight excluding hydrogens is 324 g/mol. The van der Waals surface area contributed by atoms with Crippen LogP contribution < -0.4 is 4.74 Å². The van der Waals surface area contributed by atoms with E-state index >= 15 is 0 Å². The third-order valence-electron chi connectivity index (χ3n) is 5.21. The summed E-state index contributed by atoms with van der Waals surface area (Å²) in [4.78, 5) is 7.90. The standard InChI is InChI=1S/C22H26N2O2/c1-24(2)14-8-9-15-25-23-21-18-12-6-7-13-20(18)26-22(16-19(21)22)17-10-4-3-5-11-17/h3-7,10-13,19H,8-9,14-16H2,1-2H3. The fourth-order valence-electron chi connectivity index (χ4n) is 3.75. The first-order valence-electron chi connectivity index (χ1n) is 9.39. The second kappa shape index (κ2) is 7.12. The fourth-order valence-corrected chi connectivity index (χ4v) is 3.75. The van der Waals surface area contributed by atoms with Crippen molar-refractivity contribution in [1.29, 1.82) is 0 Å². The maximum Gasteiger partial charge on any atom is 0.143 e. The van der Waals surface area contributed by atoms with Gasteiger partial charge in [0, 0.05) is 12.0 Å². The minimum atomic E-state index is -0.275. The summed E-state index contributed by atoms with van der Waals surface area (Å²) < 4.78 is 6.44. The maximum absolute atomic E-state index is 6.44. The van der Waals surface area contributed by atoms with Crippen molar-refractivity contribution in [3.05, 3.63) is 65.7 Å². The van der Waals surface area contributed by atoms with Crippen LogP contribution in [0.25, 0.3) is 0 Å². The Morgan fingerprint density at radius 1 is 1.08 bits per heavy atom. The van der Waals surface area contributed by atoms with Gasteiger partial charge in [-0.1, -0.05) is 47.6 Å². The van der Waals surface area contributed by atoms with Gasteiger partial charge in [0.05, 0.1) is 11.6 Å². The molecule has 0 radical (unpaired) electrons. The van der Waals surface area contributed by atoms with E-state index in [9.17, 15) is 0 Å². The van der Waals surface area contributed by atoms with Gasteiger partial charge in [-0.3, -0.25) is 0 Å². The first-order valence-corrected chi connectivity index (χ1v) is 9.39. The molecule has 1 heterocycles. The molecule has 2 aromatic rings. The first-order chi connectivity index (χ1) is 12.7. The van der Waals surface area contributed by atoms with Crippen molar-refractivity contribution in [2.75, 3.05) is 27.2 Å². The topological polar surface area (TPSA) is 34.1 Å². The number of hydrogen-bond donors (Lipinski definition) is 0. The van der Waals surface area contributed by atoms with Crippen LogP contribution in [0.5, 0.6) is 5.75 Å². The molecule has 136 valence electrons. The summed E-state index contributed by atoms with van der Waals surface area (Å²) in [6.07, 6.45) is 3.09. The highest BCUT2D eigenvalue weighted by Crippen LogP contribution is 2.60. The summed E-state index contributed by atoms with van der Waals surface area (Å²) in [5.74, 6) is 1.17. The molecule has 1 aliphatic heterocycles. The van der Waals surface area contributed by atoms with Crippen molar-refractivity contribution in [2.45, 2.75) is 24.9 Å². The van der Waals surface area contributed by atoms with Gasteiger partial charge in [0.2, 0.25) is 0 Å². The minimum absolute atomic E-state index is 0.265. The molecule has 0 amide bonds. The van der Waals surface area contributed by atoms with Crippen molar-refractivity contribution >= 4 is 5.71 Å². The lowest BCUT2D eigenvalue weighted by Gasteiger charge is -2.27. The van der Waals surface area contributed by atoms with E-state index in [-0.39, 0.29) is 11.5 Å². The molecule has 26 heavy (non-hydrogen) atoms. The maximum atomic E-state index is 6.44. The van der Waals surface area contributed by atoms with Gasteiger partial charge in [-0.2, -0.15) is 0 Å². The van der Waals surface area contributed by atoms with Gasteiger partial charge in [0.15, 0.2) is 0 Å². The van der Waals surface area contributed by atoms with Crippen LogP contribution in [0.3, 0.4) is 0 Å². The largest absolute Gasteiger partial charge is 0.481 e. The molecule has 2 atom stereocenters. The number of nitrogens with zero attached hydrogens (tertiary/aromatic N) is 2. The number of hydrogen-bond acceptors (Lipinski definition) is 4. The number of oxime groups is 1. The number of ether oxygens (including phenoxy) is 1. The highest BCUT2D eigenvalue weighted by Gasteiger charge is 2.64. The Labute approximate surface area is 155 Å². The SMILES string of the molecule is CN(C)CCCCON=C1c2ccccc2OC2(c3ccccc3)CC12. The zero-order valence-electron chi connectivity index (χ0n) is 15.5. The Kier molecular flexibility index (Phi) is 4.68. The van der Waals surface area contributed by atoms with E-state index in [1.54, 1.807) is 0 Å². The van der Waals surface area contributed by atoms with E-state index in [0.29, 0.717) is 6.61 Å². The van der Waals surface area contributed by atoms with Crippen molar-refractivity contribution < 1.29 is 9.57 Å². The molecule has 0 saturated heterocycles. The Morgan fingerprint density at radius 2 is 1.85 bits per heavy atom. The predicted octanol–water partition coefficient (Wildman–Crippen LogP) is 4.06. The van der Waals surface area contributed by atoms with E-state index in [1.807, 2.05) is 24.3 Å². The average Bonchev–Trinajstić information content (AvgIpc) is 3.39. The molecule has 0 bridgehead atoms. The zero-order valence-corrected chi connectivity index (χ0v) is 15.5.